The molecule has 0 aliphatic rings. The summed E-state index contributed by atoms with van der Waals surface area (Å²) in [5.74, 6) is -1.41. The van der Waals surface area contributed by atoms with Crippen LogP contribution in [0.5, 0.6) is 5.75 Å². The molecule has 0 saturated carbocycles. The number of nitrogens with zero attached hydrogens (tertiary/aromatic N) is 1. The van der Waals surface area contributed by atoms with E-state index in [2.05, 4.69) is 5.32 Å². The van der Waals surface area contributed by atoms with E-state index in [-0.39, 0.29) is 23.1 Å². The van der Waals surface area contributed by atoms with Crippen LogP contribution < -0.4 is 10.1 Å². The molecule has 0 spiro atoms. The van der Waals surface area contributed by atoms with Gasteiger partial charge in [-0.1, -0.05) is 6.07 Å². The number of hydrogen-bond donors (Lipinski definition) is 2. The Morgan fingerprint density at radius 3 is 2.50 bits per heavy atom. The fourth-order valence-corrected chi connectivity index (χ4v) is 3.02. The third-order valence-electron chi connectivity index (χ3n) is 2.82. The molecule has 0 saturated heterocycles. The van der Waals surface area contributed by atoms with Crippen molar-refractivity contribution in [1.29, 1.82) is 0 Å². The van der Waals surface area contributed by atoms with E-state index in [4.69, 9.17) is 9.84 Å². The number of nitrogens with one attached hydrogen (secondary N) is 1. The number of likely N-dealkylation sites (N-methyl/N-ethyl adjacent to an activating group) is 1. The van der Waals surface area contributed by atoms with Crippen molar-refractivity contribution in [2.45, 2.75) is 18.4 Å². The van der Waals surface area contributed by atoms with Crippen molar-refractivity contribution in [2.24, 2.45) is 0 Å². The van der Waals surface area contributed by atoms with Gasteiger partial charge >= 0.3 is 5.97 Å². The van der Waals surface area contributed by atoms with Crippen molar-refractivity contribution in [2.75, 3.05) is 20.7 Å². The van der Waals surface area contributed by atoms with E-state index < -0.39 is 22.5 Å². The summed E-state index contributed by atoms with van der Waals surface area (Å²) in [6.07, 6.45) is 0. The number of hydrogen-bond acceptors (Lipinski definition) is 5. The lowest BCUT2D eigenvalue weighted by atomic mass is 10.2. The summed E-state index contributed by atoms with van der Waals surface area (Å²) in [5, 5.41) is 11.3. The number of rotatable bonds is 7. The number of sulfonamides is 1. The second-order valence-electron chi connectivity index (χ2n) is 4.55. The maximum Gasteiger partial charge on any atom is 0.318 e. The highest BCUT2D eigenvalue weighted by Gasteiger charge is 2.26. The van der Waals surface area contributed by atoms with E-state index in [1.807, 2.05) is 0 Å². The van der Waals surface area contributed by atoms with Crippen LogP contribution in [0, 0.1) is 0 Å². The average molecular weight is 330 g/mol. The molecule has 0 fully saturated rings. The average Bonchev–Trinajstić information content (AvgIpc) is 2.43. The van der Waals surface area contributed by atoms with Gasteiger partial charge in [-0.2, -0.15) is 4.31 Å². The maximum atomic E-state index is 12.4. The Bertz CT molecular complexity index is 671. The van der Waals surface area contributed by atoms with E-state index in [1.54, 1.807) is 6.07 Å². The minimum absolute atomic E-state index is 0.101. The van der Waals surface area contributed by atoms with Crippen LogP contribution in [-0.2, 0) is 26.2 Å². The smallest absolute Gasteiger partial charge is 0.318 e. The van der Waals surface area contributed by atoms with Crippen LogP contribution in [0.3, 0.4) is 0 Å². The number of carbonyl (C=O) groups is 2. The molecule has 0 aliphatic carbocycles. The summed E-state index contributed by atoms with van der Waals surface area (Å²) in [4.78, 5) is 21.5. The number of carbonyl (C=O) groups excluding carboxylic acids is 1. The number of benzene rings is 1. The first-order valence-electron chi connectivity index (χ1n) is 6.28. The predicted octanol–water partition coefficient (Wildman–Crippen LogP) is 0.0364. The zero-order chi connectivity index (χ0) is 16.9. The largest absolute Gasteiger partial charge is 0.495 e. The molecule has 0 heterocycles. The molecule has 2 N–H and O–H groups in total. The van der Waals surface area contributed by atoms with Crippen LogP contribution >= 0.6 is 0 Å². The normalized spacial score (nSPS) is 11.3. The highest BCUT2D eigenvalue weighted by Crippen LogP contribution is 2.27. The molecule has 1 aromatic carbocycles. The Hall–Kier alpha value is -2.13. The number of carboxylic acids is 1. The molecule has 1 aromatic rings. The first-order chi connectivity index (χ1) is 10.2. The monoisotopic (exact) mass is 330 g/mol. The SMILES string of the molecule is COc1ccc(CNC(C)=O)cc1S(=O)(=O)N(C)CC(=O)O. The molecule has 0 unspecified atom stereocenters. The Morgan fingerprint density at radius 1 is 1.36 bits per heavy atom. The maximum absolute atomic E-state index is 12.4. The molecule has 1 amide bonds. The summed E-state index contributed by atoms with van der Waals surface area (Å²) in [5.41, 5.74) is 0.554. The molecule has 1 rings (SSSR count). The van der Waals surface area contributed by atoms with Gasteiger partial charge in [0.2, 0.25) is 15.9 Å². The van der Waals surface area contributed by atoms with E-state index in [0.29, 0.717) is 5.56 Å². The Labute approximate surface area is 128 Å². The second kappa shape index (κ2) is 7.23. The first kappa shape index (κ1) is 17.9. The van der Waals surface area contributed by atoms with Gasteiger partial charge < -0.3 is 15.2 Å². The van der Waals surface area contributed by atoms with Crippen LogP contribution in [0.1, 0.15) is 12.5 Å². The fraction of sp³-hybridized carbons (Fsp3) is 0.385. The number of amides is 1. The lowest BCUT2D eigenvalue weighted by molar-refractivity contribution is -0.137. The number of aliphatic carboxylic acids is 1. The zero-order valence-electron chi connectivity index (χ0n) is 12.5. The first-order valence-corrected chi connectivity index (χ1v) is 7.72. The van der Waals surface area contributed by atoms with Gasteiger partial charge in [0.25, 0.3) is 0 Å². The lowest BCUT2D eigenvalue weighted by Gasteiger charge is -2.18. The summed E-state index contributed by atoms with van der Waals surface area (Å²) >= 11 is 0. The lowest BCUT2D eigenvalue weighted by Crippen LogP contribution is -2.32. The molecule has 122 valence electrons. The Morgan fingerprint density at radius 2 is 2.00 bits per heavy atom. The van der Waals surface area contributed by atoms with Crippen molar-refractivity contribution in [1.82, 2.24) is 9.62 Å². The quantitative estimate of drug-likeness (QED) is 0.729. The van der Waals surface area contributed by atoms with E-state index >= 15 is 0 Å². The predicted molar refractivity (Wildman–Crippen MR) is 78.0 cm³/mol. The molecule has 22 heavy (non-hydrogen) atoms. The fourth-order valence-electron chi connectivity index (χ4n) is 1.70. The molecule has 0 aromatic heterocycles. The molecule has 0 aliphatic heterocycles. The van der Waals surface area contributed by atoms with Gasteiger partial charge in [-0.3, -0.25) is 9.59 Å². The number of carboxylic acid groups (broad SMARTS) is 1. The van der Waals surface area contributed by atoms with Crippen LogP contribution in [0.4, 0.5) is 0 Å². The van der Waals surface area contributed by atoms with E-state index in [0.717, 1.165) is 4.31 Å². The van der Waals surface area contributed by atoms with Crippen LogP contribution in [0.2, 0.25) is 0 Å². The Kier molecular flexibility index (Phi) is 5.89. The van der Waals surface area contributed by atoms with Crippen molar-refractivity contribution in [3.8, 4) is 5.75 Å². The van der Waals surface area contributed by atoms with Gasteiger partial charge in [-0.25, -0.2) is 8.42 Å². The zero-order valence-corrected chi connectivity index (χ0v) is 13.3. The van der Waals surface area contributed by atoms with Gasteiger partial charge in [0, 0.05) is 20.5 Å². The summed E-state index contributed by atoms with van der Waals surface area (Å²) < 4.78 is 30.6. The third-order valence-corrected chi connectivity index (χ3v) is 4.64. The summed E-state index contributed by atoms with van der Waals surface area (Å²) in [6.45, 7) is 0.841. The topological polar surface area (TPSA) is 113 Å². The Balaban J connectivity index is 3.21. The van der Waals surface area contributed by atoms with Crippen LogP contribution in [0.25, 0.3) is 0 Å². The minimum atomic E-state index is -4.02. The van der Waals surface area contributed by atoms with Crippen LogP contribution in [0.15, 0.2) is 23.1 Å². The van der Waals surface area contributed by atoms with Crippen LogP contribution in [-0.4, -0.2) is 50.4 Å². The van der Waals surface area contributed by atoms with Gasteiger partial charge in [-0.05, 0) is 17.7 Å². The molecular weight excluding hydrogens is 312 g/mol. The minimum Gasteiger partial charge on any atom is -0.495 e. The number of methoxy groups -OCH3 is 1. The molecule has 9 heteroatoms. The van der Waals surface area contributed by atoms with Crippen molar-refractivity contribution in [3.63, 3.8) is 0 Å². The van der Waals surface area contributed by atoms with Crippen molar-refractivity contribution in [3.05, 3.63) is 23.8 Å². The van der Waals surface area contributed by atoms with E-state index in [1.165, 1.54) is 33.2 Å². The highest BCUT2D eigenvalue weighted by molar-refractivity contribution is 7.89. The number of ether oxygens (including phenoxy) is 1. The molecule has 0 bridgehead atoms. The van der Waals surface area contributed by atoms with Gasteiger partial charge in [0.15, 0.2) is 0 Å². The molecule has 0 atom stereocenters. The van der Waals surface area contributed by atoms with Crippen molar-refractivity contribution < 1.29 is 27.9 Å². The third kappa shape index (κ3) is 4.43. The molecule has 0 radical (unpaired) electrons. The summed E-state index contributed by atoms with van der Waals surface area (Å²) in [7, 11) is -1.53. The standard InChI is InChI=1S/C13H18N2O6S/c1-9(16)14-7-10-4-5-11(21-3)12(6-10)22(19,20)15(2)8-13(17)18/h4-6H,7-8H2,1-3H3,(H,14,16)(H,17,18). The highest BCUT2D eigenvalue weighted by atomic mass is 32.2. The van der Waals surface area contributed by atoms with E-state index in [9.17, 15) is 18.0 Å². The summed E-state index contributed by atoms with van der Waals surface area (Å²) in [6, 6.07) is 4.42. The second-order valence-corrected chi connectivity index (χ2v) is 6.56. The van der Waals surface area contributed by atoms with Crippen molar-refractivity contribution >= 4 is 21.9 Å². The van der Waals surface area contributed by atoms with Gasteiger partial charge in [-0.15, -0.1) is 0 Å². The van der Waals surface area contributed by atoms with Gasteiger partial charge in [0.1, 0.15) is 17.2 Å². The molecular formula is C13H18N2O6S. The van der Waals surface area contributed by atoms with Gasteiger partial charge in [0.05, 0.1) is 7.11 Å². The molecule has 8 nitrogen and oxygen atoms in total.